The Labute approximate surface area is 119 Å². The van der Waals surface area contributed by atoms with Crippen LogP contribution in [0.3, 0.4) is 0 Å². The molecule has 1 aromatic heterocycles. The van der Waals surface area contributed by atoms with Gasteiger partial charge in [0.2, 0.25) is 5.91 Å². The molecule has 0 bridgehead atoms. The smallest absolute Gasteiger partial charge is 0.246 e. The Morgan fingerprint density at radius 3 is 2.72 bits per heavy atom. The van der Waals surface area contributed by atoms with Gasteiger partial charge < -0.3 is 10.0 Å². The number of nitrogens with zero attached hydrogens (tertiary/aromatic N) is 1. The first-order chi connectivity index (χ1) is 8.40. The van der Waals surface area contributed by atoms with Crippen LogP contribution in [-0.2, 0) is 4.79 Å². The average molecular weight is 330 g/mol. The molecule has 0 unspecified atom stereocenters. The molecule has 0 radical (unpaired) electrons. The number of aliphatic hydroxyl groups is 1. The van der Waals surface area contributed by atoms with Crippen LogP contribution in [0.25, 0.3) is 6.08 Å². The highest BCUT2D eigenvalue weighted by molar-refractivity contribution is 9.11. The summed E-state index contributed by atoms with van der Waals surface area (Å²) in [7, 11) is 0. The van der Waals surface area contributed by atoms with Gasteiger partial charge >= 0.3 is 0 Å². The molecule has 3 nitrogen and oxygen atoms in total. The van der Waals surface area contributed by atoms with Gasteiger partial charge in [0, 0.05) is 11.0 Å². The summed E-state index contributed by atoms with van der Waals surface area (Å²) in [6.45, 7) is 4.81. The fourth-order valence-corrected chi connectivity index (χ4v) is 3.14. The predicted molar refractivity (Wildman–Crippen MR) is 77.4 cm³/mol. The van der Waals surface area contributed by atoms with Crippen molar-refractivity contribution in [3.8, 4) is 0 Å². The minimum Gasteiger partial charge on any atom is -0.386 e. The SMILES string of the molecule is CC(C)C1(O)CN(C(=O)C=Cc2ccc(Br)s2)C1. The summed E-state index contributed by atoms with van der Waals surface area (Å²) < 4.78 is 1.05. The number of carbonyl (C=O) groups excluding carboxylic acids is 1. The molecule has 1 fully saturated rings. The molecule has 1 aromatic rings. The molecule has 0 saturated carbocycles. The van der Waals surface area contributed by atoms with E-state index < -0.39 is 5.60 Å². The van der Waals surface area contributed by atoms with E-state index in [0.29, 0.717) is 13.1 Å². The van der Waals surface area contributed by atoms with Gasteiger partial charge in [0.15, 0.2) is 0 Å². The Morgan fingerprint density at radius 1 is 1.56 bits per heavy atom. The van der Waals surface area contributed by atoms with E-state index in [1.807, 2.05) is 32.1 Å². The monoisotopic (exact) mass is 329 g/mol. The molecule has 18 heavy (non-hydrogen) atoms. The number of β-amino-alcohol motifs (C(OH)–C–C–N with tert-alkyl or cyclic N) is 1. The molecular weight excluding hydrogens is 314 g/mol. The first kappa shape index (κ1) is 13.8. The molecule has 0 spiro atoms. The second-order valence-corrected chi connectivity index (χ2v) is 7.42. The summed E-state index contributed by atoms with van der Waals surface area (Å²) in [5, 5.41) is 10.1. The van der Waals surface area contributed by atoms with Crippen LogP contribution in [0.5, 0.6) is 0 Å². The lowest BCUT2D eigenvalue weighted by atomic mass is 9.83. The van der Waals surface area contributed by atoms with Gasteiger partial charge in [-0.1, -0.05) is 13.8 Å². The number of hydrogen-bond acceptors (Lipinski definition) is 3. The molecule has 2 rings (SSSR count). The zero-order valence-electron chi connectivity index (χ0n) is 10.4. The van der Waals surface area contributed by atoms with Gasteiger partial charge in [0.25, 0.3) is 0 Å². The van der Waals surface area contributed by atoms with Crippen molar-refractivity contribution in [3.05, 3.63) is 26.9 Å². The largest absolute Gasteiger partial charge is 0.386 e. The maximum Gasteiger partial charge on any atom is 0.246 e. The molecule has 1 amide bonds. The summed E-state index contributed by atoms with van der Waals surface area (Å²) in [6.07, 6.45) is 3.38. The minimum atomic E-state index is -0.699. The van der Waals surface area contributed by atoms with E-state index in [4.69, 9.17) is 0 Å². The highest BCUT2D eigenvalue weighted by Gasteiger charge is 2.45. The van der Waals surface area contributed by atoms with E-state index in [0.717, 1.165) is 8.66 Å². The van der Waals surface area contributed by atoms with Crippen LogP contribution in [0.15, 0.2) is 22.0 Å². The number of rotatable bonds is 3. The van der Waals surface area contributed by atoms with E-state index >= 15 is 0 Å². The van der Waals surface area contributed by atoms with E-state index in [9.17, 15) is 9.90 Å². The van der Waals surface area contributed by atoms with E-state index in [2.05, 4.69) is 15.9 Å². The van der Waals surface area contributed by atoms with E-state index in [1.165, 1.54) is 0 Å². The maximum absolute atomic E-state index is 11.8. The van der Waals surface area contributed by atoms with Gasteiger partial charge in [-0.05, 0) is 40.1 Å². The molecule has 0 aliphatic carbocycles. The zero-order chi connectivity index (χ0) is 13.3. The fourth-order valence-electron chi connectivity index (χ4n) is 1.81. The normalized spacial score (nSPS) is 18.4. The standard InChI is InChI=1S/C13H16BrNO2S/c1-9(2)13(17)7-15(8-13)12(16)6-4-10-3-5-11(14)18-10/h3-6,9,17H,7-8H2,1-2H3. The highest BCUT2D eigenvalue weighted by Crippen LogP contribution is 2.29. The fraction of sp³-hybridized carbons (Fsp3) is 0.462. The summed E-state index contributed by atoms with van der Waals surface area (Å²) >= 11 is 4.96. The lowest BCUT2D eigenvalue weighted by Crippen LogP contribution is -2.65. The number of carbonyl (C=O) groups is 1. The van der Waals surface area contributed by atoms with Crippen molar-refractivity contribution in [2.75, 3.05) is 13.1 Å². The quantitative estimate of drug-likeness (QED) is 0.866. The van der Waals surface area contributed by atoms with E-state index in [-0.39, 0.29) is 11.8 Å². The third-order valence-electron chi connectivity index (χ3n) is 3.30. The average Bonchev–Trinajstić information content (AvgIpc) is 2.67. The maximum atomic E-state index is 11.8. The first-order valence-electron chi connectivity index (χ1n) is 5.85. The van der Waals surface area contributed by atoms with Gasteiger partial charge in [-0.25, -0.2) is 0 Å². The predicted octanol–water partition coefficient (Wildman–Crippen LogP) is 2.75. The van der Waals surface area contributed by atoms with Gasteiger partial charge in [-0.2, -0.15) is 0 Å². The van der Waals surface area contributed by atoms with Crippen molar-refractivity contribution in [3.63, 3.8) is 0 Å². The minimum absolute atomic E-state index is 0.0372. The molecule has 98 valence electrons. The Bertz CT molecular complexity index is 475. The zero-order valence-corrected chi connectivity index (χ0v) is 12.8. The second-order valence-electron chi connectivity index (χ2n) is 4.93. The number of hydrogen-bond donors (Lipinski definition) is 1. The molecule has 1 N–H and O–H groups in total. The summed E-state index contributed by atoms with van der Waals surface area (Å²) in [6, 6.07) is 3.91. The Hall–Kier alpha value is -0.650. The van der Waals surface area contributed by atoms with Crippen molar-refractivity contribution in [2.45, 2.75) is 19.4 Å². The third kappa shape index (κ3) is 2.84. The summed E-state index contributed by atoms with van der Waals surface area (Å²) in [4.78, 5) is 14.5. The van der Waals surface area contributed by atoms with Crippen molar-refractivity contribution < 1.29 is 9.90 Å². The second kappa shape index (κ2) is 5.15. The lowest BCUT2D eigenvalue weighted by Gasteiger charge is -2.48. The van der Waals surface area contributed by atoms with Crippen LogP contribution in [-0.4, -0.2) is 34.6 Å². The molecule has 0 aromatic carbocycles. The van der Waals surface area contributed by atoms with E-state index in [1.54, 1.807) is 22.3 Å². The Kier molecular flexibility index (Phi) is 3.94. The summed E-state index contributed by atoms with van der Waals surface area (Å²) in [5.41, 5.74) is -0.699. The third-order valence-corrected chi connectivity index (χ3v) is 4.89. The van der Waals surface area contributed by atoms with Crippen molar-refractivity contribution in [1.29, 1.82) is 0 Å². The first-order valence-corrected chi connectivity index (χ1v) is 7.46. The van der Waals surface area contributed by atoms with Gasteiger partial charge in [0.1, 0.15) is 5.60 Å². The van der Waals surface area contributed by atoms with Crippen LogP contribution >= 0.6 is 27.3 Å². The van der Waals surface area contributed by atoms with Crippen molar-refractivity contribution in [2.24, 2.45) is 5.92 Å². The van der Waals surface area contributed by atoms with Gasteiger partial charge in [-0.3, -0.25) is 4.79 Å². The molecule has 2 heterocycles. The number of thiophene rings is 1. The number of halogens is 1. The molecule has 1 aliphatic rings. The topological polar surface area (TPSA) is 40.5 Å². The van der Waals surface area contributed by atoms with Crippen molar-refractivity contribution in [1.82, 2.24) is 4.90 Å². The van der Waals surface area contributed by atoms with Crippen LogP contribution in [0.2, 0.25) is 0 Å². The van der Waals surface area contributed by atoms with Gasteiger partial charge in [0.05, 0.1) is 16.9 Å². The molecule has 1 saturated heterocycles. The lowest BCUT2D eigenvalue weighted by molar-refractivity contribution is -0.158. The highest BCUT2D eigenvalue weighted by atomic mass is 79.9. The molecular formula is C13H16BrNO2S. The molecule has 0 atom stereocenters. The van der Waals surface area contributed by atoms with Crippen LogP contribution < -0.4 is 0 Å². The Balaban J connectivity index is 1.89. The van der Waals surface area contributed by atoms with Gasteiger partial charge in [-0.15, -0.1) is 11.3 Å². The molecule has 1 aliphatic heterocycles. The summed E-state index contributed by atoms with van der Waals surface area (Å²) in [5.74, 6) is 0.142. The van der Waals surface area contributed by atoms with Crippen LogP contribution in [0, 0.1) is 5.92 Å². The number of likely N-dealkylation sites (tertiary alicyclic amines) is 1. The van der Waals surface area contributed by atoms with Crippen LogP contribution in [0.4, 0.5) is 0 Å². The molecule has 5 heteroatoms. The number of amides is 1. The Morgan fingerprint density at radius 2 is 2.22 bits per heavy atom. The van der Waals surface area contributed by atoms with Crippen LogP contribution in [0.1, 0.15) is 18.7 Å². The van der Waals surface area contributed by atoms with Crippen molar-refractivity contribution >= 4 is 39.2 Å².